The smallest absolute Gasteiger partial charge is 0.0400 e. The molecular formula is C20H27N. The molecule has 0 spiro atoms. The van der Waals surface area contributed by atoms with Gasteiger partial charge in [0.2, 0.25) is 0 Å². The van der Waals surface area contributed by atoms with E-state index in [1.54, 1.807) is 0 Å². The zero-order valence-electron chi connectivity index (χ0n) is 13.6. The highest BCUT2D eigenvalue weighted by Gasteiger charge is 1.98. The minimum Gasteiger partial charge on any atom is -0.381 e. The van der Waals surface area contributed by atoms with Crippen LogP contribution in [-0.4, -0.2) is 0 Å². The molecule has 0 aromatic heterocycles. The molecule has 0 fully saturated rings. The van der Waals surface area contributed by atoms with Crippen molar-refractivity contribution in [3.05, 3.63) is 64.7 Å². The Labute approximate surface area is 129 Å². The highest BCUT2D eigenvalue weighted by Crippen LogP contribution is 2.15. The Kier molecular flexibility index (Phi) is 5.86. The van der Waals surface area contributed by atoms with Crippen LogP contribution in [0.3, 0.4) is 0 Å². The monoisotopic (exact) mass is 281 g/mol. The van der Waals surface area contributed by atoms with Crippen LogP contribution in [-0.2, 0) is 13.0 Å². The Morgan fingerprint density at radius 2 is 1.52 bits per heavy atom. The molecule has 0 aliphatic heterocycles. The van der Waals surface area contributed by atoms with Crippen LogP contribution in [0.1, 0.15) is 48.4 Å². The van der Waals surface area contributed by atoms with E-state index in [1.165, 1.54) is 53.6 Å². The van der Waals surface area contributed by atoms with Gasteiger partial charge in [-0.3, -0.25) is 0 Å². The van der Waals surface area contributed by atoms with Gasteiger partial charge in [0, 0.05) is 12.2 Å². The van der Waals surface area contributed by atoms with E-state index in [1.807, 2.05) is 0 Å². The Balaban J connectivity index is 1.86. The largest absolute Gasteiger partial charge is 0.381 e. The van der Waals surface area contributed by atoms with E-state index in [4.69, 9.17) is 0 Å². The molecule has 0 amide bonds. The summed E-state index contributed by atoms with van der Waals surface area (Å²) in [6, 6.07) is 15.6. The lowest BCUT2D eigenvalue weighted by Crippen LogP contribution is -2.00. The first-order valence-corrected chi connectivity index (χ1v) is 8.08. The van der Waals surface area contributed by atoms with Gasteiger partial charge in [-0.15, -0.1) is 0 Å². The fourth-order valence-corrected chi connectivity index (χ4v) is 2.49. The average molecular weight is 281 g/mol. The SMILES string of the molecule is CCCCCc1ccc(NCc2ccc(C)c(C)c2)cc1. The molecule has 2 aromatic rings. The van der Waals surface area contributed by atoms with Gasteiger partial charge in [-0.05, 0) is 61.1 Å². The van der Waals surface area contributed by atoms with E-state index in [2.05, 4.69) is 68.6 Å². The zero-order chi connectivity index (χ0) is 15.1. The lowest BCUT2D eigenvalue weighted by Gasteiger charge is -2.09. The summed E-state index contributed by atoms with van der Waals surface area (Å²) in [6.07, 6.45) is 5.11. The number of nitrogens with one attached hydrogen (secondary N) is 1. The molecule has 2 aromatic carbocycles. The maximum atomic E-state index is 3.50. The van der Waals surface area contributed by atoms with Gasteiger partial charge in [-0.1, -0.05) is 50.1 Å². The van der Waals surface area contributed by atoms with Crippen molar-refractivity contribution in [3.8, 4) is 0 Å². The van der Waals surface area contributed by atoms with Gasteiger partial charge in [0.1, 0.15) is 0 Å². The van der Waals surface area contributed by atoms with Crippen LogP contribution in [0.5, 0.6) is 0 Å². The predicted molar refractivity (Wildman–Crippen MR) is 92.9 cm³/mol. The molecule has 2 rings (SSSR count). The second-order valence-corrected chi connectivity index (χ2v) is 5.93. The molecule has 0 unspecified atom stereocenters. The fourth-order valence-electron chi connectivity index (χ4n) is 2.49. The number of benzene rings is 2. The molecule has 0 atom stereocenters. The van der Waals surface area contributed by atoms with E-state index in [9.17, 15) is 0 Å². The molecule has 0 saturated carbocycles. The number of rotatable bonds is 7. The van der Waals surface area contributed by atoms with E-state index >= 15 is 0 Å². The molecule has 1 heteroatoms. The van der Waals surface area contributed by atoms with Crippen molar-refractivity contribution in [1.82, 2.24) is 0 Å². The number of hydrogen-bond acceptors (Lipinski definition) is 1. The van der Waals surface area contributed by atoms with Gasteiger partial charge in [0.25, 0.3) is 0 Å². The first-order chi connectivity index (χ1) is 10.2. The van der Waals surface area contributed by atoms with Gasteiger partial charge < -0.3 is 5.32 Å². The number of hydrogen-bond donors (Lipinski definition) is 1. The maximum absolute atomic E-state index is 3.50. The number of anilines is 1. The normalized spacial score (nSPS) is 10.6. The summed E-state index contributed by atoms with van der Waals surface area (Å²) in [5.74, 6) is 0. The third kappa shape index (κ3) is 4.93. The van der Waals surface area contributed by atoms with Crippen LogP contribution in [0.2, 0.25) is 0 Å². The molecular weight excluding hydrogens is 254 g/mol. The van der Waals surface area contributed by atoms with Gasteiger partial charge in [-0.25, -0.2) is 0 Å². The fraction of sp³-hybridized carbons (Fsp3) is 0.400. The van der Waals surface area contributed by atoms with Crippen LogP contribution in [0.4, 0.5) is 5.69 Å². The van der Waals surface area contributed by atoms with Gasteiger partial charge in [-0.2, -0.15) is 0 Å². The standard InChI is InChI=1S/C20H27N/c1-4-5-6-7-18-10-12-20(13-11-18)21-15-19-9-8-16(2)17(3)14-19/h8-14,21H,4-7,15H2,1-3H3. The van der Waals surface area contributed by atoms with Crippen molar-refractivity contribution in [1.29, 1.82) is 0 Å². The summed E-state index contributed by atoms with van der Waals surface area (Å²) in [7, 11) is 0. The molecule has 1 N–H and O–H groups in total. The summed E-state index contributed by atoms with van der Waals surface area (Å²) in [5, 5.41) is 3.50. The third-order valence-corrected chi connectivity index (χ3v) is 4.09. The topological polar surface area (TPSA) is 12.0 Å². The van der Waals surface area contributed by atoms with Crippen molar-refractivity contribution in [2.45, 2.75) is 53.0 Å². The van der Waals surface area contributed by atoms with Crippen molar-refractivity contribution >= 4 is 5.69 Å². The quantitative estimate of drug-likeness (QED) is 0.647. The van der Waals surface area contributed by atoms with Crippen LogP contribution >= 0.6 is 0 Å². The molecule has 0 radical (unpaired) electrons. The summed E-state index contributed by atoms with van der Waals surface area (Å²) in [4.78, 5) is 0. The van der Waals surface area contributed by atoms with E-state index in [-0.39, 0.29) is 0 Å². The molecule has 0 saturated heterocycles. The van der Waals surface area contributed by atoms with Crippen molar-refractivity contribution in [2.24, 2.45) is 0 Å². The predicted octanol–water partition coefficient (Wildman–Crippen LogP) is 5.65. The van der Waals surface area contributed by atoms with Crippen molar-refractivity contribution in [3.63, 3.8) is 0 Å². The molecule has 0 aliphatic carbocycles. The Morgan fingerprint density at radius 1 is 0.810 bits per heavy atom. The first-order valence-electron chi connectivity index (χ1n) is 8.08. The van der Waals surface area contributed by atoms with E-state index in [0.717, 1.165) is 6.54 Å². The lowest BCUT2D eigenvalue weighted by molar-refractivity contribution is 0.717. The van der Waals surface area contributed by atoms with E-state index in [0.29, 0.717) is 0 Å². The van der Waals surface area contributed by atoms with Crippen LogP contribution in [0, 0.1) is 13.8 Å². The van der Waals surface area contributed by atoms with Gasteiger partial charge in [0.15, 0.2) is 0 Å². The molecule has 0 aliphatic rings. The van der Waals surface area contributed by atoms with Crippen LogP contribution in [0.15, 0.2) is 42.5 Å². The van der Waals surface area contributed by atoms with Gasteiger partial charge >= 0.3 is 0 Å². The van der Waals surface area contributed by atoms with Crippen molar-refractivity contribution in [2.75, 3.05) is 5.32 Å². The van der Waals surface area contributed by atoms with Crippen molar-refractivity contribution < 1.29 is 0 Å². The van der Waals surface area contributed by atoms with E-state index < -0.39 is 0 Å². The second kappa shape index (κ2) is 7.87. The maximum Gasteiger partial charge on any atom is 0.0400 e. The van der Waals surface area contributed by atoms with Crippen LogP contribution < -0.4 is 5.32 Å². The third-order valence-electron chi connectivity index (χ3n) is 4.09. The summed E-state index contributed by atoms with van der Waals surface area (Å²) < 4.78 is 0. The summed E-state index contributed by atoms with van der Waals surface area (Å²) >= 11 is 0. The minimum absolute atomic E-state index is 0.885. The summed E-state index contributed by atoms with van der Waals surface area (Å²) in [5.41, 5.74) is 6.70. The molecule has 0 heterocycles. The lowest BCUT2D eigenvalue weighted by atomic mass is 10.1. The Bertz CT molecular complexity index is 555. The minimum atomic E-state index is 0.885. The highest BCUT2D eigenvalue weighted by molar-refractivity contribution is 5.45. The number of unbranched alkanes of at least 4 members (excludes halogenated alkanes) is 2. The Morgan fingerprint density at radius 3 is 2.19 bits per heavy atom. The number of aryl methyl sites for hydroxylation is 3. The highest BCUT2D eigenvalue weighted by atomic mass is 14.9. The molecule has 21 heavy (non-hydrogen) atoms. The van der Waals surface area contributed by atoms with Crippen LogP contribution in [0.25, 0.3) is 0 Å². The molecule has 1 nitrogen and oxygen atoms in total. The van der Waals surface area contributed by atoms with Gasteiger partial charge in [0.05, 0.1) is 0 Å². The Hall–Kier alpha value is -1.76. The summed E-state index contributed by atoms with van der Waals surface area (Å²) in [6.45, 7) is 7.46. The zero-order valence-corrected chi connectivity index (χ0v) is 13.6. The first kappa shape index (κ1) is 15.6. The average Bonchev–Trinajstić information content (AvgIpc) is 2.50. The molecule has 112 valence electrons. The second-order valence-electron chi connectivity index (χ2n) is 5.93. The molecule has 0 bridgehead atoms.